The van der Waals surface area contributed by atoms with E-state index >= 15 is 0 Å². The molecule has 2 nitrogen and oxygen atoms in total. The molecule has 0 aliphatic heterocycles. The Morgan fingerprint density at radius 1 is 0.680 bits per heavy atom. The van der Waals surface area contributed by atoms with Crippen molar-refractivity contribution >= 4 is 5.91 Å². The number of unbranched alkanes of at least 4 members (excludes halogenated alkanes) is 14. The van der Waals surface area contributed by atoms with Crippen LogP contribution in [0.3, 0.4) is 0 Å². The molecule has 0 aliphatic rings. The first kappa shape index (κ1) is 24.5. The fourth-order valence-electron chi connectivity index (χ4n) is 3.11. The van der Waals surface area contributed by atoms with E-state index in [1.54, 1.807) is 0 Å². The largest absolute Gasteiger partial charge is 0.353 e. The van der Waals surface area contributed by atoms with Gasteiger partial charge in [0, 0.05) is 12.5 Å². The van der Waals surface area contributed by atoms with Crippen molar-refractivity contribution in [3.63, 3.8) is 0 Å². The fraction of sp³-hybridized carbons (Fsp3) is 0.913. The van der Waals surface area contributed by atoms with Crippen LogP contribution in [0.1, 0.15) is 130 Å². The lowest BCUT2D eigenvalue weighted by Gasteiger charge is -2.16. The quantitative estimate of drug-likeness (QED) is 0.256. The molecule has 0 saturated carbocycles. The zero-order valence-corrected chi connectivity index (χ0v) is 17.8. The highest BCUT2D eigenvalue weighted by molar-refractivity contribution is 5.76. The van der Waals surface area contributed by atoms with Crippen LogP contribution in [0.5, 0.6) is 0 Å². The minimum Gasteiger partial charge on any atom is -0.353 e. The zero-order valence-electron chi connectivity index (χ0n) is 17.8. The molecular formula is C23H46NO. The summed E-state index contributed by atoms with van der Waals surface area (Å²) in [5, 5.41) is 3.05. The predicted octanol–water partition coefficient (Wildman–Crippen LogP) is 7.37. The lowest BCUT2D eigenvalue weighted by Crippen LogP contribution is -2.35. The second-order valence-electron chi connectivity index (χ2n) is 8.07. The Morgan fingerprint density at radius 3 is 1.40 bits per heavy atom. The van der Waals surface area contributed by atoms with Crippen molar-refractivity contribution in [1.82, 2.24) is 5.32 Å². The third-order valence-corrected chi connectivity index (χ3v) is 5.25. The van der Waals surface area contributed by atoms with Gasteiger partial charge in [-0.1, -0.05) is 111 Å². The normalized spacial score (nSPS) is 12.5. The van der Waals surface area contributed by atoms with Gasteiger partial charge in [-0.25, -0.2) is 0 Å². The molecule has 0 aromatic carbocycles. The van der Waals surface area contributed by atoms with E-state index in [1.807, 2.05) is 0 Å². The van der Waals surface area contributed by atoms with Crippen LogP contribution in [0, 0.1) is 5.92 Å². The average molecular weight is 353 g/mol. The van der Waals surface area contributed by atoms with E-state index in [2.05, 4.69) is 33.0 Å². The molecule has 149 valence electrons. The highest BCUT2D eigenvalue weighted by Crippen LogP contribution is 2.13. The molecular weight excluding hydrogens is 306 g/mol. The van der Waals surface area contributed by atoms with Crippen LogP contribution in [0.2, 0.25) is 0 Å². The Hall–Kier alpha value is -0.530. The maximum Gasteiger partial charge on any atom is 0.220 e. The van der Waals surface area contributed by atoms with E-state index in [4.69, 9.17) is 0 Å². The zero-order chi connectivity index (χ0) is 18.8. The smallest absolute Gasteiger partial charge is 0.220 e. The first-order chi connectivity index (χ1) is 12.1. The van der Waals surface area contributed by atoms with Crippen LogP contribution in [0.25, 0.3) is 0 Å². The minimum absolute atomic E-state index is 0.211. The van der Waals surface area contributed by atoms with Gasteiger partial charge in [-0.2, -0.15) is 0 Å². The van der Waals surface area contributed by atoms with Crippen molar-refractivity contribution in [1.29, 1.82) is 0 Å². The van der Waals surface area contributed by atoms with Gasteiger partial charge in [0.05, 0.1) is 0 Å². The molecule has 0 heterocycles. The van der Waals surface area contributed by atoms with Gasteiger partial charge in [-0.05, 0) is 19.3 Å². The summed E-state index contributed by atoms with van der Waals surface area (Å²) in [5.74, 6) is 1.48. The molecule has 0 aromatic rings. The van der Waals surface area contributed by atoms with Crippen LogP contribution in [0.15, 0.2) is 0 Å². The molecule has 0 spiro atoms. The summed E-state index contributed by atoms with van der Waals surface area (Å²) < 4.78 is 0. The highest BCUT2D eigenvalue weighted by Gasteiger charge is 2.10. The molecule has 1 N–H and O–H groups in total. The van der Waals surface area contributed by atoms with Crippen molar-refractivity contribution in [2.24, 2.45) is 0 Å². The number of hydrogen-bond acceptors (Lipinski definition) is 1. The molecule has 0 aliphatic carbocycles. The van der Waals surface area contributed by atoms with Gasteiger partial charge in [0.25, 0.3) is 0 Å². The van der Waals surface area contributed by atoms with Crippen molar-refractivity contribution < 1.29 is 4.79 Å². The summed E-state index contributed by atoms with van der Waals surface area (Å²) in [6.07, 6.45) is 21.2. The van der Waals surface area contributed by atoms with Gasteiger partial charge < -0.3 is 5.32 Å². The van der Waals surface area contributed by atoms with E-state index in [1.165, 1.54) is 95.8 Å². The Balaban J connectivity index is 3.17. The number of nitrogens with one attached hydrogen (secondary N) is 1. The molecule has 1 radical (unpaired) electrons. The molecule has 1 unspecified atom stereocenters. The maximum atomic E-state index is 11.8. The summed E-state index contributed by atoms with van der Waals surface area (Å²) in [6.45, 7) is 8.47. The van der Waals surface area contributed by atoms with E-state index in [9.17, 15) is 4.79 Å². The van der Waals surface area contributed by atoms with Gasteiger partial charge in [0.15, 0.2) is 0 Å². The molecule has 0 bridgehead atoms. The molecule has 1 amide bonds. The van der Waals surface area contributed by atoms with Crippen LogP contribution >= 0.6 is 0 Å². The summed E-state index contributed by atoms with van der Waals surface area (Å²) in [7, 11) is 0. The number of carbonyl (C=O) groups excluding carboxylic acids is 1. The van der Waals surface area contributed by atoms with Crippen molar-refractivity contribution in [3.05, 3.63) is 5.92 Å². The monoisotopic (exact) mass is 352 g/mol. The van der Waals surface area contributed by atoms with Gasteiger partial charge in [-0.3, -0.25) is 4.79 Å². The number of rotatable bonds is 18. The lowest BCUT2D eigenvalue weighted by molar-refractivity contribution is -0.121. The highest BCUT2D eigenvalue weighted by atomic mass is 16.1. The average Bonchev–Trinajstić information content (AvgIpc) is 2.58. The molecule has 1 atom stereocenters. The van der Waals surface area contributed by atoms with E-state index < -0.39 is 0 Å². The van der Waals surface area contributed by atoms with Crippen LogP contribution in [-0.4, -0.2) is 11.9 Å². The molecule has 25 heavy (non-hydrogen) atoms. The third-order valence-electron chi connectivity index (χ3n) is 5.25. The molecule has 0 rings (SSSR count). The first-order valence-electron chi connectivity index (χ1n) is 11.2. The van der Waals surface area contributed by atoms with E-state index in [0.717, 1.165) is 6.42 Å². The Labute approximate surface area is 158 Å². The van der Waals surface area contributed by atoms with E-state index in [-0.39, 0.29) is 11.9 Å². The topological polar surface area (TPSA) is 29.1 Å². The predicted molar refractivity (Wildman–Crippen MR) is 112 cm³/mol. The second kappa shape index (κ2) is 18.3. The number of amides is 1. The Morgan fingerprint density at radius 2 is 1.04 bits per heavy atom. The third kappa shape index (κ3) is 18.1. The molecule has 0 fully saturated rings. The van der Waals surface area contributed by atoms with Crippen LogP contribution in [0.4, 0.5) is 0 Å². The SMILES string of the molecule is CCCCCCCCCCCCCCCCCC(=O)NC(C)[C](C)C. The van der Waals surface area contributed by atoms with Gasteiger partial charge >= 0.3 is 0 Å². The summed E-state index contributed by atoms with van der Waals surface area (Å²) in [6, 6.07) is 0.212. The van der Waals surface area contributed by atoms with Crippen LogP contribution in [-0.2, 0) is 4.79 Å². The first-order valence-corrected chi connectivity index (χ1v) is 11.2. The Kier molecular flexibility index (Phi) is 17.9. The van der Waals surface area contributed by atoms with E-state index in [0.29, 0.717) is 6.42 Å². The standard InChI is InChI=1S/C23H46NO/c1-5-6-7-8-9-10-11-12-13-14-15-16-17-18-19-20-23(25)24-22(4)21(2)3/h22H,5-20H2,1-4H3,(H,24,25). The van der Waals surface area contributed by atoms with Gasteiger partial charge in [-0.15, -0.1) is 0 Å². The van der Waals surface area contributed by atoms with Crippen molar-refractivity contribution in [3.8, 4) is 0 Å². The Bertz CT molecular complexity index is 288. The van der Waals surface area contributed by atoms with Gasteiger partial charge in [0.2, 0.25) is 5.91 Å². The molecule has 0 saturated heterocycles. The summed E-state index contributed by atoms with van der Waals surface area (Å²) >= 11 is 0. The van der Waals surface area contributed by atoms with Crippen molar-refractivity contribution in [2.75, 3.05) is 0 Å². The summed E-state index contributed by atoms with van der Waals surface area (Å²) in [5.41, 5.74) is 0. The number of hydrogen-bond donors (Lipinski definition) is 1. The fourth-order valence-corrected chi connectivity index (χ4v) is 3.11. The van der Waals surface area contributed by atoms with Crippen molar-refractivity contribution in [2.45, 2.75) is 136 Å². The number of carbonyl (C=O) groups is 1. The molecule has 2 heteroatoms. The maximum absolute atomic E-state index is 11.8. The van der Waals surface area contributed by atoms with Crippen LogP contribution < -0.4 is 5.32 Å². The molecule has 0 aromatic heterocycles. The summed E-state index contributed by atoms with van der Waals surface area (Å²) in [4.78, 5) is 11.8. The van der Waals surface area contributed by atoms with Gasteiger partial charge in [0.1, 0.15) is 0 Å². The minimum atomic E-state index is 0.211. The lowest BCUT2D eigenvalue weighted by atomic mass is 10.0. The second-order valence-corrected chi connectivity index (χ2v) is 8.07.